The third-order valence-electron chi connectivity index (χ3n) is 2.43. The highest BCUT2D eigenvalue weighted by atomic mass is 32.2. The highest BCUT2D eigenvalue weighted by Gasteiger charge is 2.14. The highest BCUT2D eigenvalue weighted by molar-refractivity contribution is 7.98. The van der Waals surface area contributed by atoms with Crippen LogP contribution in [0.15, 0.2) is 6.20 Å². The van der Waals surface area contributed by atoms with Crippen molar-refractivity contribution in [2.24, 2.45) is 5.92 Å². The Morgan fingerprint density at radius 2 is 2.16 bits per heavy atom. The molecule has 0 saturated heterocycles. The van der Waals surface area contributed by atoms with Gasteiger partial charge in [0.15, 0.2) is 0 Å². The molecule has 5 heteroatoms. The SMILES string of the molecule is CCOC(=O)c1cnc(CSCC(C)C)nc1CC. The molecule has 0 N–H and O–H groups in total. The highest BCUT2D eigenvalue weighted by Crippen LogP contribution is 2.15. The van der Waals surface area contributed by atoms with Crippen LogP contribution in [0, 0.1) is 5.92 Å². The van der Waals surface area contributed by atoms with Gasteiger partial charge in [-0.1, -0.05) is 20.8 Å². The van der Waals surface area contributed by atoms with Crippen molar-refractivity contribution < 1.29 is 9.53 Å². The molecule has 0 aliphatic rings. The van der Waals surface area contributed by atoms with Crippen LogP contribution in [0.25, 0.3) is 0 Å². The van der Waals surface area contributed by atoms with E-state index < -0.39 is 0 Å². The van der Waals surface area contributed by atoms with Gasteiger partial charge in [0.2, 0.25) is 0 Å². The summed E-state index contributed by atoms with van der Waals surface area (Å²) < 4.78 is 5.00. The van der Waals surface area contributed by atoms with Crippen LogP contribution in [-0.2, 0) is 16.9 Å². The maximum absolute atomic E-state index is 11.7. The Kier molecular flexibility index (Phi) is 6.84. The van der Waals surface area contributed by atoms with Crippen LogP contribution >= 0.6 is 11.8 Å². The van der Waals surface area contributed by atoms with Gasteiger partial charge in [-0.15, -0.1) is 0 Å². The summed E-state index contributed by atoms with van der Waals surface area (Å²) in [7, 11) is 0. The van der Waals surface area contributed by atoms with Gasteiger partial charge in [0.1, 0.15) is 5.82 Å². The lowest BCUT2D eigenvalue weighted by Gasteiger charge is -2.08. The van der Waals surface area contributed by atoms with Gasteiger partial charge in [0.25, 0.3) is 0 Å². The molecule has 1 aromatic rings. The molecule has 0 aromatic carbocycles. The van der Waals surface area contributed by atoms with E-state index in [-0.39, 0.29) is 5.97 Å². The second-order valence-electron chi connectivity index (χ2n) is 4.63. The number of thioether (sulfide) groups is 1. The quantitative estimate of drug-likeness (QED) is 0.719. The first-order valence-corrected chi connectivity index (χ1v) is 7.83. The van der Waals surface area contributed by atoms with Crippen molar-refractivity contribution in [2.45, 2.75) is 39.9 Å². The predicted octanol–water partition coefficient (Wildman–Crippen LogP) is 3.10. The molecule has 0 aliphatic carbocycles. The van der Waals surface area contributed by atoms with E-state index in [4.69, 9.17) is 4.74 Å². The van der Waals surface area contributed by atoms with Gasteiger partial charge in [0, 0.05) is 6.20 Å². The van der Waals surface area contributed by atoms with E-state index in [1.165, 1.54) is 0 Å². The van der Waals surface area contributed by atoms with Crippen molar-refractivity contribution in [2.75, 3.05) is 12.4 Å². The number of carbonyl (C=O) groups is 1. The average molecular weight is 282 g/mol. The van der Waals surface area contributed by atoms with Gasteiger partial charge in [-0.05, 0) is 25.0 Å². The number of esters is 1. The number of ether oxygens (including phenoxy) is 1. The summed E-state index contributed by atoms with van der Waals surface area (Å²) in [6, 6.07) is 0. The van der Waals surface area contributed by atoms with Gasteiger partial charge in [0.05, 0.1) is 23.6 Å². The van der Waals surface area contributed by atoms with Crippen molar-refractivity contribution in [1.29, 1.82) is 0 Å². The minimum absolute atomic E-state index is 0.333. The minimum atomic E-state index is -0.333. The molecule has 4 nitrogen and oxygen atoms in total. The molecule has 1 aromatic heterocycles. The van der Waals surface area contributed by atoms with E-state index in [1.54, 1.807) is 13.1 Å². The molecule has 1 heterocycles. The van der Waals surface area contributed by atoms with Gasteiger partial charge < -0.3 is 4.74 Å². The molecule has 0 fully saturated rings. The Hall–Kier alpha value is -1.10. The van der Waals surface area contributed by atoms with Crippen LogP contribution in [-0.4, -0.2) is 28.3 Å². The maximum atomic E-state index is 11.7. The zero-order chi connectivity index (χ0) is 14.3. The fourth-order valence-electron chi connectivity index (χ4n) is 1.56. The van der Waals surface area contributed by atoms with E-state index in [0.29, 0.717) is 24.5 Å². The fourth-order valence-corrected chi connectivity index (χ4v) is 2.47. The summed E-state index contributed by atoms with van der Waals surface area (Å²) in [6.45, 7) is 8.52. The first-order chi connectivity index (χ1) is 9.08. The van der Waals surface area contributed by atoms with Gasteiger partial charge in [-0.25, -0.2) is 14.8 Å². The summed E-state index contributed by atoms with van der Waals surface area (Å²) in [5.74, 6) is 2.99. The summed E-state index contributed by atoms with van der Waals surface area (Å²) in [5, 5.41) is 0. The Balaban J connectivity index is 2.75. The van der Waals surface area contributed by atoms with E-state index in [0.717, 1.165) is 23.0 Å². The molecule has 1 rings (SSSR count). The van der Waals surface area contributed by atoms with Crippen molar-refractivity contribution in [3.8, 4) is 0 Å². The first-order valence-electron chi connectivity index (χ1n) is 6.68. The Bertz CT molecular complexity index is 422. The normalized spacial score (nSPS) is 10.8. The molecular formula is C14H22N2O2S. The monoisotopic (exact) mass is 282 g/mol. The van der Waals surface area contributed by atoms with Crippen molar-refractivity contribution >= 4 is 17.7 Å². The van der Waals surface area contributed by atoms with Crippen LogP contribution in [0.3, 0.4) is 0 Å². The van der Waals surface area contributed by atoms with Gasteiger partial charge in [-0.2, -0.15) is 11.8 Å². The summed E-state index contributed by atoms with van der Waals surface area (Å²) in [4.78, 5) is 20.4. The lowest BCUT2D eigenvalue weighted by Crippen LogP contribution is -2.11. The second-order valence-corrected chi connectivity index (χ2v) is 5.66. The molecule has 0 aliphatic heterocycles. The minimum Gasteiger partial charge on any atom is -0.462 e. The van der Waals surface area contributed by atoms with Gasteiger partial charge >= 0.3 is 5.97 Å². The fraction of sp³-hybridized carbons (Fsp3) is 0.643. The van der Waals surface area contributed by atoms with E-state index in [9.17, 15) is 4.79 Å². The summed E-state index contributed by atoms with van der Waals surface area (Å²) in [6.07, 6.45) is 2.30. The summed E-state index contributed by atoms with van der Waals surface area (Å²) in [5.41, 5.74) is 1.26. The molecule has 0 unspecified atom stereocenters. The lowest BCUT2D eigenvalue weighted by atomic mass is 10.2. The molecule has 19 heavy (non-hydrogen) atoms. The van der Waals surface area contributed by atoms with Crippen LogP contribution in [0.2, 0.25) is 0 Å². The third kappa shape index (κ3) is 5.19. The number of aryl methyl sites for hydroxylation is 1. The van der Waals surface area contributed by atoms with Crippen LogP contribution in [0.1, 0.15) is 49.6 Å². The van der Waals surface area contributed by atoms with Crippen molar-refractivity contribution in [1.82, 2.24) is 9.97 Å². The number of hydrogen-bond donors (Lipinski definition) is 0. The number of rotatable bonds is 7. The Morgan fingerprint density at radius 3 is 2.74 bits per heavy atom. The molecule has 0 bridgehead atoms. The molecule has 0 amide bonds. The van der Waals surface area contributed by atoms with E-state index >= 15 is 0 Å². The van der Waals surface area contributed by atoms with Crippen LogP contribution < -0.4 is 0 Å². The maximum Gasteiger partial charge on any atom is 0.341 e. The smallest absolute Gasteiger partial charge is 0.341 e. The van der Waals surface area contributed by atoms with Crippen molar-refractivity contribution in [3.05, 3.63) is 23.3 Å². The number of carbonyl (C=O) groups excluding carboxylic acids is 1. The summed E-state index contributed by atoms with van der Waals surface area (Å²) >= 11 is 1.82. The molecule has 0 atom stereocenters. The number of aromatic nitrogens is 2. The van der Waals surface area contributed by atoms with Gasteiger partial charge in [-0.3, -0.25) is 0 Å². The zero-order valence-electron chi connectivity index (χ0n) is 12.1. The largest absolute Gasteiger partial charge is 0.462 e. The van der Waals surface area contributed by atoms with E-state index in [2.05, 4.69) is 23.8 Å². The predicted molar refractivity (Wildman–Crippen MR) is 78.4 cm³/mol. The number of hydrogen-bond acceptors (Lipinski definition) is 5. The van der Waals surface area contributed by atoms with Crippen molar-refractivity contribution in [3.63, 3.8) is 0 Å². The zero-order valence-corrected chi connectivity index (χ0v) is 12.9. The van der Waals surface area contributed by atoms with Crippen LogP contribution in [0.4, 0.5) is 0 Å². The average Bonchev–Trinajstić information content (AvgIpc) is 2.38. The Labute approximate surface area is 119 Å². The molecule has 0 saturated carbocycles. The lowest BCUT2D eigenvalue weighted by molar-refractivity contribution is 0.0524. The van der Waals surface area contributed by atoms with Crippen LogP contribution in [0.5, 0.6) is 0 Å². The third-order valence-corrected chi connectivity index (χ3v) is 3.79. The molecule has 0 spiro atoms. The van der Waals surface area contributed by atoms with E-state index in [1.807, 2.05) is 18.7 Å². The molecule has 106 valence electrons. The Morgan fingerprint density at radius 1 is 1.42 bits per heavy atom. The standard InChI is InChI=1S/C14H22N2O2S/c1-5-12-11(14(17)18-6-2)7-15-13(16-12)9-19-8-10(3)4/h7,10H,5-6,8-9H2,1-4H3. The molecule has 0 radical (unpaired) electrons. The second kappa shape index (κ2) is 8.15. The molecular weight excluding hydrogens is 260 g/mol. The first kappa shape index (κ1) is 16.0. The number of nitrogens with zero attached hydrogens (tertiary/aromatic N) is 2. The topological polar surface area (TPSA) is 52.1 Å².